The summed E-state index contributed by atoms with van der Waals surface area (Å²) in [5.74, 6) is 1.90. The van der Waals surface area contributed by atoms with Gasteiger partial charge >= 0.3 is 0 Å². The first-order valence-corrected chi connectivity index (χ1v) is 19.1. The molecule has 0 radical (unpaired) electrons. The Morgan fingerprint density at radius 1 is 0.545 bits per heavy atom. The fraction of sp³-hybridized carbons (Fsp3) is 0.0784. The van der Waals surface area contributed by atoms with Crippen molar-refractivity contribution in [2.24, 2.45) is 0 Å². The van der Waals surface area contributed by atoms with Crippen LogP contribution in [0.1, 0.15) is 36.1 Å². The monoisotopic (exact) mass is 702 g/mol. The maximum Gasteiger partial charge on any atom is 0.238 e. The average Bonchev–Trinajstić information content (AvgIpc) is 3.69. The van der Waals surface area contributed by atoms with E-state index in [4.69, 9.17) is 15.0 Å². The molecule has 0 saturated heterocycles. The third kappa shape index (κ3) is 4.31. The fourth-order valence-corrected chi connectivity index (χ4v) is 9.66. The number of aromatic nitrogens is 4. The number of para-hydroxylation sites is 1. The molecule has 0 N–H and O–H groups in total. The lowest BCUT2D eigenvalue weighted by molar-refractivity contribution is 0.666. The number of rotatable bonds is 3. The SMILES string of the molecule is CC1(C)c2ccccc2-c2cc3c4c(c5c(cc4c21)c1ccccc1n5-c1nc(-c2ccc4ccccc4c2)nc(-c2ccc4ccccc4c2)n1)C=CC3. The van der Waals surface area contributed by atoms with Gasteiger partial charge in [-0.25, -0.2) is 4.98 Å². The van der Waals surface area contributed by atoms with E-state index in [2.05, 4.69) is 176 Å². The first-order valence-electron chi connectivity index (χ1n) is 19.1. The van der Waals surface area contributed by atoms with Crippen LogP contribution < -0.4 is 0 Å². The van der Waals surface area contributed by atoms with E-state index in [-0.39, 0.29) is 5.41 Å². The summed E-state index contributed by atoms with van der Waals surface area (Å²) in [6, 6.07) is 52.5. The summed E-state index contributed by atoms with van der Waals surface area (Å²) >= 11 is 0. The van der Waals surface area contributed by atoms with Gasteiger partial charge in [-0.15, -0.1) is 0 Å². The molecule has 0 atom stereocenters. The summed E-state index contributed by atoms with van der Waals surface area (Å²) in [5.41, 5.74) is 12.1. The van der Waals surface area contributed by atoms with Crippen LogP contribution in [0.15, 0.2) is 152 Å². The minimum atomic E-state index is -0.132. The number of hydrogen-bond acceptors (Lipinski definition) is 3. The molecular formula is C51H34N4. The van der Waals surface area contributed by atoms with Crippen LogP contribution in [0.25, 0.3) is 100 Å². The zero-order valence-electron chi connectivity index (χ0n) is 30.5. The molecule has 2 aliphatic carbocycles. The molecule has 0 spiro atoms. The summed E-state index contributed by atoms with van der Waals surface area (Å²) in [6.07, 6.45) is 5.56. The van der Waals surface area contributed by atoms with Crippen molar-refractivity contribution < 1.29 is 0 Å². The second-order valence-corrected chi connectivity index (χ2v) is 15.6. The minimum absolute atomic E-state index is 0.132. The van der Waals surface area contributed by atoms with E-state index in [9.17, 15) is 0 Å². The molecule has 0 fully saturated rings. The zero-order valence-corrected chi connectivity index (χ0v) is 30.5. The molecule has 258 valence electrons. The smallest absolute Gasteiger partial charge is 0.238 e. The molecule has 4 nitrogen and oxygen atoms in total. The number of allylic oxidation sites excluding steroid dienone is 1. The highest BCUT2D eigenvalue weighted by atomic mass is 15.2. The predicted molar refractivity (Wildman–Crippen MR) is 228 cm³/mol. The molecule has 0 unspecified atom stereocenters. The van der Waals surface area contributed by atoms with Crippen molar-refractivity contribution in [2.45, 2.75) is 25.7 Å². The average molecular weight is 703 g/mol. The highest BCUT2D eigenvalue weighted by molar-refractivity contribution is 6.20. The van der Waals surface area contributed by atoms with Gasteiger partial charge in [-0.05, 0) is 96.9 Å². The van der Waals surface area contributed by atoms with Crippen LogP contribution in [-0.2, 0) is 11.8 Å². The molecular weight excluding hydrogens is 669 g/mol. The van der Waals surface area contributed by atoms with E-state index in [0.29, 0.717) is 17.6 Å². The lowest BCUT2D eigenvalue weighted by Gasteiger charge is -2.26. The number of hydrogen-bond donors (Lipinski definition) is 0. The molecule has 10 aromatic rings. The Balaban J connectivity index is 1.19. The van der Waals surface area contributed by atoms with Gasteiger partial charge in [0, 0.05) is 32.9 Å². The molecule has 4 heteroatoms. The van der Waals surface area contributed by atoms with Crippen molar-refractivity contribution in [3.05, 3.63) is 174 Å². The van der Waals surface area contributed by atoms with E-state index in [1.165, 1.54) is 65.7 Å². The summed E-state index contributed by atoms with van der Waals surface area (Å²) in [5, 5.41) is 9.73. The van der Waals surface area contributed by atoms with Crippen molar-refractivity contribution in [3.63, 3.8) is 0 Å². The van der Waals surface area contributed by atoms with Crippen LogP contribution >= 0.6 is 0 Å². The van der Waals surface area contributed by atoms with Gasteiger partial charge in [-0.1, -0.05) is 141 Å². The van der Waals surface area contributed by atoms with E-state index < -0.39 is 0 Å². The van der Waals surface area contributed by atoms with Crippen molar-refractivity contribution in [2.75, 3.05) is 0 Å². The molecule has 0 bridgehead atoms. The lowest BCUT2D eigenvalue weighted by Crippen LogP contribution is -2.16. The van der Waals surface area contributed by atoms with Gasteiger partial charge in [-0.3, -0.25) is 4.57 Å². The molecule has 0 aliphatic heterocycles. The fourth-order valence-electron chi connectivity index (χ4n) is 9.66. The Bertz CT molecular complexity index is 3230. The second-order valence-electron chi connectivity index (χ2n) is 15.6. The number of benzene rings is 8. The summed E-state index contributed by atoms with van der Waals surface area (Å²) < 4.78 is 2.29. The summed E-state index contributed by atoms with van der Waals surface area (Å²) in [6.45, 7) is 4.78. The van der Waals surface area contributed by atoms with E-state index in [1.54, 1.807) is 0 Å². The van der Waals surface area contributed by atoms with Crippen LogP contribution in [0.4, 0.5) is 0 Å². The third-order valence-corrected chi connectivity index (χ3v) is 12.2. The van der Waals surface area contributed by atoms with Crippen LogP contribution in [0.3, 0.4) is 0 Å². The lowest BCUT2D eigenvalue weighted by atomic mass is 9.78. The van der Waals surface area contributed by atoms with Gasteiger partial charge in [-0.2, -0.15) is 9.97 Å². The quantitative estimate of drug-likeness (QED) is 0.184. The van der Waals surface area contributed by atoms with E-state index in [0.717, 1.165) is 39.4 Å². The molecule has 0 amide bonds. The van der Waals surface area contributed by atoms with Gasteiger partial charge in [0.05, 0.1) is 11.0 Å². The maximum atomic E-state index is 5.36. The normalized spacial score (nSPS) is 14.0. The Hall–Kier alpha value is -6.91. The molecule has 2 aromatic heterocycles. The zero-order chi connectivity index (χ0) is 36.4. The summed E-state index contributed by atoms with van der Waals surface area (Å²) in [4.78, 5) is 15.9. The van der Waals surface area contributed by atoms with Crippen molar-refractivity contribution in [1.29, 1.82) is 0 Å². The molecule has 2 aliphatic rings. The molecule has 8 aromatic carbocycles. The van der Waals surface area contributed by atoms with Crippen LogP contribution in [0.2, 0.25) is 0 Å². The van der Waals surface area contributed by atoms with Gasteiger partial charge < -0.3 is 0 Å². The topological polar surface area (TPSA) is 43.6 Å². The molecule has 55 heavy (non-hydrogen) atoms. The largest absolute Gasteiger partial charge is 0.277 e. The third-order valence-electron chi connectivity index (χ3n) is 12.2. The van der Waals surface area contributed by atoms with Gasteiger partial charge in [0.1, 0.15) is 0 Å². The van der Waals surface area contributed by atoms with Crippen molar-refractivity contribution in [3.8, 4) is 39.9 Å². The highest BCUT2D eigenvalue weighted by Crippen LogP contribution is 2.54. The van der Waals surface area contributed by atoms with Crippen molar-refractivity contribution in [1.82, 2.24) is 19.5 Å². The maximum absolute atomic E-state index is 5.36. The van der Waals surface area contributed by atoms with Crippen LogP contribution in [-0.4, -0.2) is 19.5 Å². The molecule has 2 heterocycles. The van der Waals surface area contributed by atoms with E-state index >= 15 is 0 Å². The minimum Gasteiger partial charge on any atom is -0.277 e. The molecule has 12 rings (SSSR count). The number of fused-ring (bicyclic) bond motifs is 10. The van der Waals surface area contributed by atoms with Crippen molar-refractivity contribution >= 4 is 60.2 Å². The van der Waals surface area contributed by atoms with Crippen LogP contribution in [0, 0.1) is 0 Å². The second kappa shape index (κ2) is 11.1. The Morgan fingerprint density at radius 2 is 1.18 bits per heavy atom. The standard InChI is InChI=1S/C51H34N4/c1-51(2)43-20-9-7-17-37(43)40-28-34-16-11-19-39-45(34)42(46(40)51)29-41-38-18-8-10-21-44(38)55(47(39)41)50-53-48(35-24-22-30-12-3-5-14-32(30)26-35)52-49(54-50)36-25-23-31-13-4-6-15-33(31)27-36/h3-15,17-29H,16H2,1-2H3. The van der Waals surface area contributed by atoms with Crippen LogP contribution in [0.5, 0.6) is 0 Å². The van der Waals surface area contributed by atoms with E-state index in [1.807, 2.05) is 0 Å². The number of nitrogens with zero attached hydrogens (tertiary/aromatic N) is 4. The summed E-state index contributed by atoms with van der Waals surface area (Å²) in [7, 11) is 0. The Labute approximate surface area is 318 Å². The first-order chi connectivity index (χ1) is 27.0. The molecule has 0 saturated carbocycles. The van der Waals surface area contributed by atoms with Gasteiger partial charge in [0.15, 0.2) is 11.6 Å². The Kier molecular flexibility index (Phi) is 6.14. The Morgan fingerprint density at radius 3 is 1.91 bits per heavy atom. The predicted octanol–water partition coefficient (Wildman–Crippen LogP) is 12.6. The van der Waals surface area contributed by atoms with Gasteiger partial charge in [0.2, 0.25) is 5.95 Å². The first kappa shape index (κ1) is 30.5. The van der Waals surface area contributed by atoms with Gasteiger partial charge in [0.25, 0.3) is 0 Å². The highest BCUT2D eigenvalue weighted by Gasteiger charge is 2.38.